The van der Waals surface area contributed by atoms with Gasteiger partial charge in [-0.25, -0.2) is 4.79 Å². The van der Waals surface area contributed by atoms with Crippen molar-refractivity contribution in [2.24, 2.45) is 5.92 Å². The molecule has 2 heterocycles. The van der Waals surface area contributed by atoms with Gasteiger partial charge in [-0.15, -0.1) is 0 Å². The van der Waals surface area contributed by atoms with Crippen LogP contribution in [0.5, 0.6) is 5.75 Å². The van der Waals surface area contributed by atoms with Gasteiger partial charge in [-0.1, -0.05) is 25.1 Å². The Hall–Kier alpha value is -2.89. The van der Waals surface area contributed by atoms with Crippen molar-refractivity contribution in [1.29, 1.82) is 0 Å². The molecule has 0 saturated carbocycles. The second-order valence-electron chi connectivity index (χ2n) is 6.90. The fraction of sp³-hybridized carbons (Fsp3) is 0.350. The molecule has 0 spiro atoms. The largest absolute Gasteiger partial charge is 0.506 e. The van der Waals surface area contributed by atoms with Gasteiger partial charge < -0.3 is 15.7 Å². The number of phenols is 1. The van der Waals surface area contributed by atoms with Crippen LogP contribution in [0.25, 0.3) is 11.0 Å². The van der Waals surface area contributed by atoms with Crippen molar-refractivity contribution in [3.63, 3.8) is 0 Å². The van der Waals surface area contributed by atoms with E-state index in [9.17, 15) is 9.90 Å². The number of hydrogen-bond acceptors (Lipinski definition) is 4. The molecule has 26 heavy (non-hydrogen) atoms. The third kappa shape index (κ3) is 2.62. The molecular weight excluding hydrogens is 328 g/mol. The van der Waals surface area contributed by atoms with Gasteiger partial charge in [0.25, 0.3) is 0 Å². The second kappa shape index (κ2) is 6.44. The van der Waals surface area contributed by atoms with Crippen LogP contribution in [0.4, 0.5) is 11.4 Å². The Balaban J connectivity index is 1.52. The van der Waals surface area contributed by atoms with Crippen molar-refractivity contribution in [2.45, 2.75) is 39.5 Å². The average Bonchev–Trinajstić information content (AvgIpc) is 3.19. The lowest BCUT2D eigenvalue weighted by molar-refractivity contribution is 0.442. The first-order valence-electron chi connectivity index (χ1n) is 9.13. The van der Waals surface area contributed by atoms with Crippen molar-refractivity contribution in [3.8, 4) is 5.75 Å². The lowest BCUT2D eigenvalue weighted by Gasteiger charge is -2.21. The Morgan fingerprint density at radius 2 is 1.81 bits per heavy atom. The quantitative estimate of drug-likeness (QED) is 0.615. The number of phenolic OH excluding ortho intramolecular Hbond substituents is 1. The van der Waals surface area contributed by atoms with E-state index in [2.05, 4.69) is 17.6 Å². The Kier molecular flexibility index (Phi) is 4.11. The second-order valence-corrected chi connectivity index (χ2v) is 6.90. The third-order valence-electron chi connectivity index (χ3n) is 5.27. The highest BCUT2D eigenvalue weighted by Gasteiger charge is 2.26. The number of fused-ring (bicyclic) bond motifs is 2. The van der Waals surface area contributed by atoms with Crippen LogP contribution in [-0.4, -0.2) is 20.4 Å². The number of nitrogens with one attached hydrogen (secondary N) is 2. The van der Waals surface area contributed by atoms with Gasteiger partial charge in [0.05, 0.1) is 22.9 Å². The number of aryl methyl sites for hydroxylation is 2. The molecule has 2 atom stereocenters. The van der Waals surface area contributed by atoms with Gasteiger partial charge >= 0.3 is 5.69 Å². The highest BCUT2D eigenvalue weighted by molar-refractivity contribution is 5.80. The van der Waals surface area contributed by atoms with Gasteiger partial charge in [0.1, 0.15) is 11.4 Å². The van der Waals surface area contributed by atoms with Gasteiger partial charge in [0.2, 0.25) is 0 Å². The molecule has 6 heteroatoms. The monoisotopic (exact) mass is 352 g/mol. The predicted octanol–water partition coefficient (Wildman–Crippen LogP) is 3.42. The summed E-state index contributed by atoms with van der Waals surface area (Å²) in [5.74, 6) is 0.532. The van der Waals surface area contributed by atoms with Crippen molar-refractivity contribution in [2.75, 3.05) is 10.6 Å². The van der Waals surface area contributed by atoms with E-state index >= 15 is 0 Å². The van der Waals surface area contributed by atoms with E-state index in [1.54, 1.807) is 6.07 Å². The van der Waals surface area contributed by atoms with Crippen LogP contribution in [0.2, 0.25) is 0 Å². The molecule has 0 aliphatic carbocycles. The molecule has 3 N–H and O–H groups in total. The van der Waals surface area contributed by atoms with Crippen LogP contribution in [-0.2, 0) is 13.1 Å². The molecule has 0 amide bonds. The van der Waals surface area contributed by atoms with E-state index < -0.39 is 0 Å². The summed E-state index contributed by atoms with van der Waals surface area (Å²) in [7, 11) is 0. The fourth-order valence-corrected chi connectivity index (χ4v) is 3.75. The summed E-state index contributed by atoms with van der Waals surface area (Å²) in [6.07, 6.45) is 0.880. The lowest BCUT2D eigenvalue weighted by atomic mass is 10.0. The zero-order valence-electron chi connectivity index (χ0n) is 15.1. The molecule has 1 aliphatic rings. The number of para-hydroxylation sites is 3. The summed E-state index contributed by atoms with van der Waals surface area (Å²) in [4.78, 5) is 12.7. The molecule has 1 aliphatic heterocycles. The first kappa shape index (κ1) is 16.6. The number of benzene rings is 2. The van der Waals surface area contributed by atoms with Crippen molar-refractivity contribution < 1.29 is 5.11 Å². The van der Waals surface area contributed by atoms with Crippen LogP contribution >= 0.6 is 0 Å². The smallest absolute Gasteiger partial charge is 0.329 e. The molecule has 3 aromatic rings. The molecule has 4 rings (SSSR count). The summed E-state index contributed by atoms with van der Waals surface area (Å²) < 4.78 is 3.69. The Morgan fingerprint density at radius 1 is 1.08 bits per heavy atom. The third-order valence-corrected chi connectivity index (χ3v) is 5.27. The molecule has 0 radical (unpaired) electrons. The van der Waals surface area contributed by atoms with Crippen LogP contribution in [0.15, 0.2) is 47.3 Å². The summed E-state index contributed by atoms with van der Waals surface area (Å²) >= 11 is 0. The number of imidazole rings is 1. The summed E-state index contributed by atoms with van der Waals surface area (Å²) in [5, 5.41) is 16.7. The SMILES string of the molecule is CCn1c(=O)n(CCC(C)C2Nc3cccc(O)c3N2)c2ccccc21. The first-order chi connectivity index (χ1) is 12.6. The summed E-state index contributed by atoms with van der Waals surface area (Å²) in [5.41, 5.74) is 3.70. The zero-order chi connectivity index (χ0) is 18.3. The van der Waals surface area contributed by atoms with Gasteiger partial charge in [0.15, 0.2) is 0 Å². The molecular formula is C20H24N4O2. The molecule has 6 nitrogen and oxygen atoms in total. The van der Waals surface area contributed by atoms with E-state index in [0.29, 0.717) is 13.1 Å². The maximum Gasteiger partial charge on any atom is 0.329 e. The van der Waals surface area contributed by atoms with Gasteiger partial charge in [0, 0.05) is 13.1 Å². The molecule has 0 saturated heterocycles. The molecule has 1 aromatic heterocycles. The summed E-state index contributed by atoms with van der Waals surface area (Å²) in [6, 6.07) is 13.4. The number of rotatable bonds is 5. The number of anilines is 2. The lowest BCUT2D eigenvalue weighted by Crippen LogP contribution is -2.32. The minimum atomic E-state index is 0.0357. The van der Waals surface area contributed by atoms with Crippen molar-refractivity contribution in [3.05, 3.63) is 52.9 Å². The highest BCUT2D eigenvalue weighted by Crippen LogP contribution is 2.38. The first-order valence-corrected chi connectivity index (χ1v) is 9.13. The van der Waals surface area contributed by atoms with Gasteiger partial charge in [-0.3, -0.25) is 9.13 Å². The van der Waals surface area contributed by atoms with Crippen molar-refractivity contribution in [1.82, 2.24) is 9.13 Å². The predicted molar refractivity (Wildman–Crippen MR) is 105 cm³/mol. The normalized spacial score (nSPS) is 16.9. The van der Waals surface area contributed by atoms with E-state index in [0.717, 1.165) is 28.8 Å². The summed E-state index contributed by atoms with van der Waals surface area (Å²) in [6.45, 7) is 5.48. The van der Waals surface area contributed by atoms with E-state index in [1.165, 1.54) is 0 Å². The zero-order valence-corrected chi connectivity index (χ0v) is 15.1. The van der Waals surface area contributed by atoms with Gasteiger partial charge in [-0.2, -0.15) is 0 Å². The van der Waals surface area contributed by atoms with E-state index in [4.69, 9.17) is 0 Å². The number of nitrogens with zero attached hydrogens (tertiary/aromatic N) is 2. The van der Waals surface area contributed by atoms with Crippen LogP contribution < -0.4 is 16.3 Å². The molecule has 136 valence electrons. The van der Waals surface area contributed by atoms with E-state index in [1.807, 2.05) is 52.5 Å². The fourth-order valence-electron chi connectivity index (χ4n) is 3.75. The Morgan fingerprint density at radius 3 is 2.50 bits per heavy atom. The Labute approximate surface area is 152 Å². The highest BCUT2D eigenvalue weighted by atomic mass is 16.3. The molecule has 2 aromatic carbocycles. The van der Waals surface area contributed by atoms with Gasteiger partial charge in [-0.05, 0) is 43.5 Å². The molecule has 0 fully saturated rings. The van der Waals surface area contributed by atoms with Crippen LogP contribution in [0, 0.1) is 5.92 Å². The Bertz CT molecular complexity index is 1000. The maximum absolute atomic E-state index is 12.7. The molecule has 0 bridgehead atoms. The molecule has 2 unspecified atom stereocenters. The topological polar surface area (TPSA) is 71.2 Å². The average molecular weight is 352 g/mol. The van der Waals surface area contributed by atoms with Crippen molar-refractivity contribution >= 4 is 22.4 Å². The standard InChI is InChI=1S/C20H24N4O2/c1-3-23-15-8-4-5-9-16(15)24(20(23)26)12-11-13(2)19-21-14-7-6-10-17(25)18(14)22-19/h4-10,13,19,21-22,25H,3,11-12H2,1-2H3. The minimum Gasteiger partial charge on any atom is -0.506 e. The number of aromatic hydroxyl groups is 1. The minimum absolute atomic E-state index is 0.0357. The van der Waals surface area contributed by atoms with Crippen LogP contribution in [0.3, 0.4) is 0 Å². The van der Waals surface area contributed by atoms with Crippen LogP contribution in [0.1, 0.15) is 20.3 Å². The number of aromatic nitrogens is 2. The van der Waals surface area contributed by atoms with E-state index in [-0.39, 0.29) is 23.5 Å². The maximum atomic E-state index is 12.7. The number of hydrogen-bond donors (Lipinski definition) is 3.